The summed E-state index contributed by atoms with van der Waals surface area (Å²) in [6.45, 7) is 3.08. The van der Waals surface area contributed by atoms with Gasteiger partial charge in [0.15, 0.2) is 0 Å². The Morgan fingerprint density at radius 1 is 1.09 bits per heavy atom. The summed E-state index contributed by atoms with van der Waals surface area (Å²) < 4.78 is 36.9. The molecule has 9 nitrogen and oxygen atoms in total. The van der Waals surface area contributed by atoms with Crippen molar-refractivity contribution in [2.75, 3.05) is 37.9 Å². The third kappa shape index (κ3) is 7.39. The van der Waals surface area contributed by atoms with Gasteiger partial charge in [-0.25, -0.2) is 8.42 Å². The van der Waals surface area contributed by atoms with Crippen molar-refractivity contribution in [1.82, 2.24) is 10.2 Å². The molecule has 12 heteroatoms. The molecule has 0 fully saturated rings. The number of benzene rings is 2. The summed E-state index contributed by atoms with van der Waals surface area (Å²) in [4.78, 5) is 27.4. The highest BCUT2D eigenvalue weighted by Gasteiger charge is 2.31. The molecule has 1 N–H and O–H groups in total. The quantitative estimate of drug-likeness (QED) is 0.464. The van der Waals surface area contributed by atoms with E-state index in [2.05, 4.69) is 5.32 Å². The molecule has 0 saturated carbocycles. The van der Waals surface area contributed by atoms with Crippen molar-refractivity contribution in [1.29, 1.82) is 0 Å². The molecule has 0 spiro atoms. The molecule has 1 atom stereocenters. The highest BCUT2D eigenvalue weighted by atomic mass is 35.5. The third-order valence-corrected chi connectivity index (χ3v) is 6.92. The fourth-order valence-corrected chi connectivity index (χ4v) is 4.65. The van der Waals surface area contributed by atoms with E-state index in [9.17, 15) is 18.0 Å². The van der Waals surface area contributed by atoms with Crippen LogP contribution in [0.15, 0.2) is 36.4 Å². The van der Waals surface area contributed by atoms with Crippen molar-refractivity contribution < 1.29 is 27.5 Å². The van der Waals surface area contributed by atoms with Crippen LogP contribution in [0.2, 0.25) is 10.0 Å². The topological polar surface area (TPSA) is 105 Å². The molecule has 1 unspecified atom stereocenters. The highest BCUT2D eigenvalue weighted by molar-refractivity contribution is 7.92. The molecule has 0 saturated heterocycles. The van der Waals surface area contributed by atoms with Gasteiger partial charge in [-0.2, -0.15) is 0 Å². The zero-order chi connectivity index (χ0) is 26.3. The van der Waals surface area contributed by atoms with Crippen molar-refractivity contribution in [2.24, 2.45) is 0 Å². The van der Waals surface area contributed by atoms with E-state index in [0.29, 0.717) is 27.9 Å². The number of hydrogen-bond acceptors (Lipinski definition) is 6. The number of sulfonamides is 1. The number of methoxy groups -OCH3 is 2. The molecule has 2 rings (SSSR count). The van der Waals surface area contributed by atoms with E-state index < -0.39 is 28.5 Å². The summed E-state index contributed by atoms with van der Waals surface area (Å²) in [5, 5.41) is 3.42. The number of nitrogens with zero attached hydrogens (tertiary/aromatic N) is 2. The van der Waals surface area contributed by atoms with Crippen molar-refractivity contribution in [3.8, 4) is 11.5 Å². The maximum absolute atomic E-state index is 13.5. The molecule has 0 aliphatic carbocycles. The minimum Gasteiger partial charge on any atom is -0.497 e. The number of ether oxygens (including phenoxy) is 2. The Labute approximate surface area is 215 Å². The van der Waals surface area contributed by atoms with Crippen LogP contribution in [0.5, 0.6) is 11.5 Å². The average Bonchev–Trinajstić information content (AvgIpc) is 2.80. The van der Waals surface area contributed by atoms with Crippen molar-refractivity contribution >= 4 is 50.7 Å². The van der Waals surface area contributed by atoms with Crippen molar-refractivity contribution in [3.05, 3.63) is 52.0 Å². The van der Waals surface area contributed by atoms with Gasteiger partial charge < -0.3 is 19.7 Å². The number of rotatable bonds is 11. The van der Waals surface area contributed by atoms with E-state index in [0.717, 1.165) is 10.6 Å². The average molecular weight is 546 g/mol. The Hall–Kier alpha value is -2.69. The Morgan fingerprint density at radius 2 is 1.77 bits per heavy atom. The second-order valence-electron chi connectivity index (χ2n) is 7.64. The van der Waals surface area contributed by atoms with Gasteiger partial charge in [0.1, 0.15) is 24.1 Å². The SMILES string of the molecule is CCNC(=O)C(C)N(Cc1ccc(Cl)cc1Cl)C(=O)CN(c1ccc(OC)cc1OC)S(C)(=O)=O. The largest absolute Gasteiger partial charge is 0.497 e. The number of halogens is 2. The predicted molar refractivity (Wildman–Crippen MR) is 137 cm³/mol. The molecule has 0 heterocycles. The van der Waals surface area contributed by atoms with Crippen LogP contribution in [0.25, 0.3) is 0 Å². The van der Waals surface area contributed by atoms with Crippen LogP contribution in [0.1, 0.15) is 19.4 Å². The fourth-order valence-electron chi connectivity index (χ4n) is 3.32. The first-order valence-electron chi connectivity index (χ1n) is 10.6. The molecular weight excluding hydrogens is 517 g/mol. The zero-order valence-electron chi connectivity index (χ0n) is 20.2. The monoisotopic (exact) mass is 545 g/mol. The van der Waals surface area contributed by atoms with Gasteiger partial charge in [-0.05, 0) is 43.7 Å². The smallest absolute Gasteiger partial charge is 0.244 e. The third-order valence-electron chi connectivity index (χ3n) is 5.21. The van der Waals surface area contributed by atoms with Crippen LogP contribution in [0.3, 0.4) is 0 Å². The lowest BCUT2D eigenvalue weighted by atomic mass is 10.1. The minimum absolute atomic E-state index is 0.0372. The summed E-state index contributed by atoms with van der Waals surface area (Å²) in [5.74, 6) is -0.349. The molecular formula is C23H29Cl2N3O6S. The Bertz CT molecular complexity index is 1180. The van der Waals surface area contributed by atoms with Gasteiger partial charge in [0.2, 0.25) is 21.8 Å². The van der Waals surface area contributed by atoms with E-state index >= 15 is 0 Å². The number of likely N-dealkylation sites (N-methyl/N-ethyl adjacent to an activating group) is 1. The van der Waals surface area contributed by atoms with Gasteiger partial charge >= 0.3 is 0 Å². The maximum Gasteiger partial charge on any atom is 0.244 e. The van der Waals surface area contributed by atoms with Crippen LogP contribution >= 0.6 is 23.2 Å². The van der Waals surface area contributed by atoms with Gasteiger partial charge in [-0.1, -0.05) is 29.3 Å². The summed E-state index contributed by atoms with van der Waals surface area (Å²) in [7, 11) is -1.07. The summed E-state index contributed by atoms with van der Waals surface area (Å²) >= 11 is 12.3. The number of nitrogens with one attached hydrogen (secondary N) is 1. The molecule has 0 aliphatic rings. The Morgan fingerprint density at radius 3 is 2.31 bits per heavy atom. The van der Waals surface area contributed by atoms with E-state index in [1.54, 1.807) is 32.0 Å². The van der Waals surface area contributed by atoms with E-state index in [4.69, 9.17) is 32.7 Å². The predicted octanol–water partition coefficient (Wildman–Crippen LogP) is 3.33. The van der Waals surface area contributed by atoms with Crippen molar-refractivity contribution in [3.63, 3.8) is 0 Å². The number of hydrogen-bond donors (Lipinski definition) is 1. The molecule has 0 aromatic heterocycles. The van der Waals surface area contributed by atoms with E-state index in [1.165, 1.54) is 37.3 Å². The van der Waals surface area contributed by atoms with Crippen LogP contribution in [-0.4, -0.2) is 64.7 Å². The lowest BCUT2D eigenvalue weighted by Gasteiger charge is -2.32. The second kappa shape index (κ2) is 12.3. The lowest BCUT2D eigenvalue weighted by Crippen LogP contribution is -2.51. The van der Waals surface area contributed by atoms with Crippen LogP contribution in [0.4, 0.5) is 5.69 Å². The number of carbonyl (C=O) groups excluding carboxylic acids is 2. The summed E-state index contributed by atoms with van der Waals surface area (Å²) in [6.07, 6.45) is 0.984. The van der Waals surface area contributed by atoms with E-state index in [1.807, 2.05) is 0 Å². The summed E-state index contributed by atoms with van der Waals surface area (Å²) in [6, 6.07) is 8.45. The van der Waals surface area contributed by atoms with Crippen molar-refractivity contribution in [2.45, 2.75) is 26.4 Å². The standard InChI is InChI=1S/C23H29Cl2N3O6S/c1-6-26-23(30)15(2)27(13-16-7-8-17(24)11-19(16)25)22(29)14-28(35(5,31)32)20-10-9-18(33-3)12-21(20)34-4/h7-12,15H,6,13-14H2,1-5H3,(H,26,30). The highest BCUT2D eigenvalue weighted by Crippen LogP contribution is 2.34. The number of carbonyl (C=O) groups is 2. The maximum atomic E-state index is 13.5. The molecule has 0 bridgehead atoms. The zero-order valence-corrected chi connectivity index (χ0v) is 22.5. The van der Waals surface area contributed by atoms with Gasteiger partial charge in [0.05, 0.1) is 26.2 Å². The first kappa shape index (κ1) is 28.5. The lowest BCUT2D eigenvalue weighted by molar-refractivity contribution is -0.139. The van der Waals surface area contributed by atoms with Crippen LogP contribution in [0, 0.1) is 0 Å². The van der Waals surface area contributed by atoms with E-state index in [-0.39, 0.29) is 23.9 Å². The first-order valence-corrected chi connectivity index (χ1v) is 13.2. The molecule has 2 aromatic rings. The van der Waals surface area contributed by atoms with Gasteiger partial charge in [-0.15, -0.1) is 0 Å². The Kier molecular flexibility index (Phi) is 10.1. The molecule has 2 aromatic carbocycles. The molecule has 0 radical (unpaired) electrons. The van der Waals surface area contributed by atoms with Crippen LogP contribution in [-0.2, 0) is 26.2 Å². The van der Waals surface area contributed by atoms with Gasteiger partial charge in [0.25, 0.3) is 0 Å². The first-order chi connectivity index (χ1) is 16.4. The minimum atomic E-state index is -3.92. The van der Waals surface area contributed by atoms with Crippen LogP contribution < -0.4 is 19.1 Å². The molecule has 2 amide bonds. The molecule has 0 aliphatic heterocycles. The van der Waals surface area contributed by atoms with Gasteiger partial charge in [0, 0.05) is 29.2 Å². The normalized spacial score (nSPS) is 12.0. The molecule has 192 valence electrons. The number of anilines is 1. The Balaban J connectivity index is 2.48. The fraction of sp³-hybridized carbons (Fsp3) is 0.391. The second-order valence-corrected chi connectivity index (χ2v) is 10.4. The van der Waals surface area contributed by atoms with Gasteiger partial charge in [-0.3, -0.25) is 13.9 Å². The molecule has 35 heavy (non-hydrogen) atoms. The summed E-state index contributed by atoms with van der Waals surface area (Å²) in [5.41, 5.74) is 0.702. The number of amides is 2.